The van der Waals surface area contributed by atoms with Gasteiger partial charge in [-0.2, -0.15) is 0 Å². The molecule has 0 aromatic heterocycles. The third-order valence-corrected chi connectivity index (χ3v) is 3.38. The van der Waals surface area contributed by atoms with E-state index in [1.54, 1.807) is 13.0 Å². The molecule has 5 heteroatoms. The summed E-state index contributed by atoms with van der Waals surface area (Å²) < 4.78 is 18.9. The number of carbonyl (C=O) groups is 1. The number of ether oxygens (including phenoxy) is 1. The van der Waals surface area contributed by atoms with Gasteiger partial charge in [-0.25, -0.2) is 4.39 Å². The average Bonchev–Trinajstić information content (AvgIpc) is 2.44. The molecule has 2 atom stereocenters. The van der Waals surface area contributed by atoms with Gasteiger partial charge in [0.05, 0.1) is 6.04 Å². The summed E-state index contributed by atoms with van der Waals surface area (Å²) in [7, 11) is 3.81. The Bertz CT molecular complexity index is 477. The van der Waals surface area contributed by atoms with Crippen LogP contribution >= 0.6 is 0 Å². The van der Waals surface area contributed by atoms with E-state index in [2.05, 4.69) is 5.32 Å². The molecule has 0 radical (unpaired) electrons. The van der Waals surface area contributed by atoms with Crippen molar-refractivity contribution >= 4 is 5.91 Å². The fourth-order valence-corrected chi connectivity index (χ4v) is 2.07. The van der Waals surface area contributed by atoms with Crippen LogP contribution < -0.4 is 5.32 Å². The lowest BCUT2D eigenvalue weighted by atomic mass is 10.1. The number of carbonyl (C=O) groups excluding carboxylic acids is 1. The maximum absolute atomic E-state index is 13.4. The van der Waals surface area contributed by atoms with Crippen LogP contribution in [-0.2, 0) is 9.53 Å². The van der Waals surface area contributed by atoms with Crippen molar-refractivity contribution in [3.63, 3.8) is 0 Å². The number of nitrogens with one attached hydrogen (secondary N) is 1. The summed E-state index contributed by atoms with van der Waals surface area (Å²) in [4.78, 5) is 14.0. The molecule has 4 nitrogen and oxygen atoms in total. The molecule has 0 aliphatic rings. The number of likely N-dealkylation sites (N-methyl/N-ethyl adjacent to an activating group) is 1. The summed E-state index contributed by atoms with van der Waals surface area (Å²) in [5, 5.41) is 2.88. The van der Waals surface area contributed by atoms with E-state index in [1.165, 1.54) is 12.1 Å². The highest BCUT2D eigenvalue weighted by Crippen LogP contribution is 2.18. The molecule has 1 aromatic carbocycles. The van der Waals surface area contributed by atoms with Gasteiger partial charge in [-0.05, 0) is 44.6 Å². The van der Waals surface area contributed by atoms with Crippen molar-refractivity contribution in [2.24, 2.45) is 5.92 Å². The van der Waals surface area contributed by atoms with Crippen LogP contribution in [0.4, 0.5) is 4.39 Å². The molecule has 1 amide bonds. The normalized spacial score (nSPS) is 14.2. The molecule has 124 valence electrons. The maximum Gasteiger partial charge on any atom is 0.248 e. The monoisotopic (exact) mass is 310 g/mol. The molecule has 0 bridgehead atoms. The highest BCUT2D eigenvalue weighted by molar-refractivity contribution is 5.80. The fraction of sp³-hybridized carbons (Fsp3) is 0.588. The molecule has 0 spiro atoms. The minimum absolute atomic E-state index is 0.0862. The van der Waals surface area contributed by atoms with Crippen LogP contribution in [0.2, 0.25) is 0 Å². The zero-order chi connectivity index (χ0) is 16.7. The molecular weight excluding hydrogens is 283 g/mol. The fourth-order valence-electron chi connectivity index (χ4n) is 2.07. The Labute approximate surface area is 132 Å². The van der Waals surface area contributed by atoms with Crippen molar-refractivity contribution in [2.75, 3.05) is 27.2 Å². The summed E-state index contributed by atoms with van der Waals surface area (Å²) in [6.45, 7) is 6.78. The Morgan fingerprint density at radius 3 is 2.55 bits per heavy atom. The third kappa shape index (κ3) is 6.12. The standard InChI is InChI=1S/C17H27FN2O2/c1-12(2)11-22-13(3)17(21)19-10-16(20(4)5)14-7-6-8-15(18)9-14/h6-9,12-13,16H,10-11H2,1-5H3,(H,19,21). The summed E-state index contributed by atoms with van der Waals surface area (Å²) in [5.41, 5.74) is 0.834. The molecule has 22 heavy (non-hydrogen) atoms. The lowest BCUT2D eigenvalue weighted by Gasteiger charge is -2.26. The molecule has 1 aromatic rings. The van der Waals surface area contributed by atoms with Crippen molar-refractivity contribution in [1.29, 1.82) is 0 Å². The van der Waals surface area contributed by atoms with Gasteiger partial charge in [0.25, 0.3) is 0 Å². The van der Waals surface area contributed by atoms with Crippen LogP contribution in [0.25, 0.3) is 0 Å². The highest BCUT2D eigenvalue weighted by Gasteiger charge is 2.19. The van der Waals surface area contributed by atoms with Gasteiger partial charge in [-0.1, -0.05) is 26.0 Å². The number of hydrogen-bond donors (Lipinski definition) is 1. The van der Waals surface area contributed by atoms with Gasteiger partial charge in [0.2, 0.25) is 5.91 Å². The van der Waals surface area contributed by atoms with E-state index in [0.29, 0.717) is 19.1 Å². The molecule has 0 aliphatic carbocycles. The minimum atomic E-state index is -0.488. The van der Waals surface area contributed by atoms with E-state index in [4.69, 9.17) is 4.74 Å². The minimum Gasteiger partial charge on any atom is -0.368 e. The molecular formula is C17H27FN2O2. The zero-order valence-electron chi connectivity index (χ0n) is 14.1. The Kier molecular flexibility index (Phi) is 7.48. The first-order chi connectivity index (χ1) is 10.3. The molecule has 1 N–H and O–H groups in total. The SMILES string of the molecule is CC(C)COC(C)C(=O)NCC(c1cccc(F)c1)N(C)C. The van der Waals surface area contributed by atoms with Crippen molar-refractivity contribution in [2.45, 2.75) is 32.9 Å². The first-order valence-corrected chi connectivity index (χ1v) is 7.62. The predicted octanol–water partition coefficient (Wildman–Crippen LogP) is 2.61. The second-order valence-corrected chi connectivity index (χ2v) is 6.15. The Balaban J connectivity index is 2.60. The van der Waals surface area contributed by atoms with Crippen molar-refractivity contribution in [1.82, 2.24) is 10.2 Å². The summed E-state index contributed by atoms with van der Waals surface area (Å²) in [5.74, 6) is -0.0368. The molecule has 0 saturated carbocycles. The van der Waals surface area contributed by atoms with E-state index >= 15 is 0 Å². The van der Waals surface area contributed by atoms with Gasteiger partial charge in [0.1, 0.15) is 11.9 Å². The van der Waals surface area contributed by atoms with E-state index in [9.17, 15) is 9.18 Å². The number of rotatable bonds is 8. The van der Waals surface area contributed by atoms with Gasteiger partial charge in [-0.3, -0.25) is 4.79 Å². The molecule has 0 saturated heterocycles. The van der Waals surface area contributed by atoms with E-state index in [-0.39, 0.29) is 17.8 Å². The Morgan fingerprint density at radius 2 is 2.00 bits per heavy atom. The number of nitrogens with zero attached hydrogens (tertiary/aromatic N) is 1. The Hall–Kier alpha value is -1.46. The largest absolute Gasteiger partial charge is 0.368 e. The number of amides is 1. The predicted molar refractivity (Wildman–Crippen MR) is 86.1 cm³/mol. The van der Waals surface area contributed by atoms with Gasteiger partial charge in [0, 0.05) is 13.2 Å². The van der Waals surface area contributed by atoms with E-state index in [1.807, 2.05) is 38.9 Å². The number of hydrogen-bond acceptors (Lipinski definition) is 3. The third-order valence-electron chi connectivity index (χ3n) is 3.38. The number of benzene rings is 1. The molecule has 0 fully saturated rings. The van der Waals surface area contributed by atoms with Gasteiger partial charge >= 0.3 is 0 Å². The van der Waals surface area contributed by atoms with Gasteiger partial charge in [-0.15, -0.1) is 0 Å². The zero-order valence-corrected chi connectivity index (χ0v) is 14.1. The summed E-state index contributed by atoms with van der Waals surface area (Å²) >= 11 is 0. The van der Waals surface area contributed by atoms with Crippen LogP contribution in [-0.4, -0.2) is 44.2 Å². The molecule has 1 rings (SSSR count). The first-order valence-electron chi connectivity index (χ1n) is 7.62. The smallest absolute Gasteiger partial charge is 0.248 e. The first kappa shape index (κ1) is 18.6. The van der Waals surface area contributed by atoms with E-state index in [0.717, 1.165) is 5.56 Å². The summed E-state index contributed by atoms with van der Waals surface area (Å²) in [6, 6.07) is 6.36. The lowest BCUT2D eigenvalue weighted by molar-refractivity contribution is -0.132. The van der Waals surface area contributed by atoms with Gasteiger partial charge in [0.15, 0.2) is 0 Å². The number of halogens is 1. The molecule has 0 aliphatic heterocycles. The second-order valence-electron chi connectivity index (χ2n) is 6.15. The van der Waals surface area contributed by atoms with Crippen LogP contribution in [0.1, 0.15) is 32.4 Å². The van der Waals surface area contributed by atoms with Crippen LogP contribution in [0.5, 0.6) is 0 Å². The summed E-state index contributed by atoms with van der Waals surface area (Å²) in [6.07, 6.45) is -0.488. The van der Waals surface area contributed by atoms with Crippen LogP contribution in [0, 0.1) is 11.7 Å². The van der Waals surface area contributed by atoms with Gasteiger partial charge < -0.3 is 15.0 Å². The van der Waals surface area contributed by atoms with Crippen molar-refractivity contribution < 1.29 is 13.9 Å². The molecule has 0 heterocycles. The topological polar surface area (TPSA) is 41.6 Å². The highest BCUT2D eigenvalue weighted by atomic mass is 19.1. The second kappa shape index (κ2) is 8.86. The van der Waals surface area contributed by atoms with E-state index < -0.39 is 6.10 Å². The van der Waals surface area contributed by atoms with Crippen molar-refractivity contribution in [3.8, 4) is 0 Å². The average molecular weight is 310 g/mol. The molecule has 2 unspecified atom stereocenters. The quantitative estimate of drug-likeness (QED) is 0.802. The van der Waals surface area contributed by atoms with Crippen molar-refractivity contribution in [3.05, 3.63) is 35.6 Å². The lowest BCUT2D eigenvalue weighted by Crippen LogP contribution is -2.40. The van der Waals surface area contributed by atoms with Crippen LogP contribution in [0.15, 0.2) is 24.3 Å². The van der Waals surface area contributed by atoms with Crippen LogP contribution in [0.3, 0.4) is 0 Å². The Morgan fingerprint density at radius 1 is 1.32 bits per heavy atom. The maximum atomic E-state index is 13.4.